The average molecular weight is 384 g/mol. The number of halogens is 2. The smallest absolute Gasteiger partial charge is 0.340 e. The third kappa shape index (κ3) is 2.83. The van der Waals surface area contributed by atoms with Gasteiger partial charge in [0.25, 0.3) is 0 Å². The van der Waals surface area contributed by atoms with Crippen LogP contribution < -0.4 is 0 Å². The Balaban J connectivity index is 3.54. The Morgan fingerprint density at radius 3 is 1.71 bits per heavy atom. The van der Waals surface area contributed by atoms with E-state index in [1.54, 1.807) is 6.07 Å². The van der Waals surface area contributed by atoms with Crippen molar-refractivity contribution in [2.24, 2.45) is 0 Å². The molecule has 92 valence electrons. The highest BCUT2D eigenvalue weighted by Gasteiger charge is 2.24. The minimum absolute atomic E-state index is 0.180. The van der Waals surface area contributed by atoms with E-state index in [0.29, 0.717) is 8.95 Å². The van der Waals surface area contributed by atoms with Crippen LogP contribution in [0, 0.1) is 0 Å². The van der Waals surface area contributed by atoms with Crippen molar-refractivity contribution in [3.8, 4) is 0 Å². The minimum Gasteiger partial charge on any atom is -0.465 e. The maximum atomic E-state index is 11.6. The van der Waals surface area contributed by atoms with Crippen LogP contribution in [0.2, 0.25) is 0 Å². The highest BCUT2D eigenvalue weighted by molar-refractivity contribution is 9.11. The SMILES string of the molecule is COC(=O)c1c(Br)cc(Br)c(C(=O)OC)c1S. The Morgan fingerprint density at radius 2 is 1.41 bits per heavy atom. The lowest BCUT2D eigenvalue weighted by atomic mass is 10.1. The molecule has 0 saturated carbocycles. The molecule has 0 saturated heterocycles. The Morgan fingerprint density at radius 1 is 1.06 bits per heavy atom. The van der Waals surface area contributed by atoms with Gasteiger partial charge in [0, 0.05) is 13.8 Å². The van der Waals surface area contributed by atoms with E-state index in [4.69, 9.17) is 0 Å². The maximum absolute atomic E-state index is 11.6. The molecule has 4 nitrogen and oxygen atoms in total. The highest BCUT2D eigenvalue weighted by atomic mass is 79.9. The zero-order chi connectivity index (χ0) is 13.2. The summed E-state index contributed by atoms with van der Waals surface area (Å²) in [5.74, 6) is -1.17. The molecule has 1 aromatic rings. The number of esters is 2. The molecule has 0 aliphatic rings. The molecule has 0 radical (unpaired) electrons. The van der Waals surface area contributed by atoms with Gasteiger partial charge in [0.1, 0.15) is 0 Å². The van der Waals surface area contributed by atoms with Crippen LogP contribution in [-0.4, -0.2) is 26.2 Å². The fourth-order valence-corrected chi connectivity index (χ4v) is 3.41. The third-order valence-electron chi connectivity index (χ3n) is 1.98. The summed E-state index contributed by atoms with van der Waals surface area (Å²) in [6.07, 6.45) is 0. The molecule has 0 aliphatic carbocycles. The molecule has 0 aliphatic heterocycles. The maximum Gasteiger partial charge on any atom is 0.340 e. The van der Waals surface area contributed by atoms with Crippen molar-refractivity contribution in [3.05, 3.63) is 26.1 Å². The fourth-order valence-electron chi connectivity index (χ4n) is 1.20. The summed E-state index contributed by atoms with van der Waals surface area (Å²) in [4.78, 5) is 23.3. The van der Waals surface area contributed by atoms with Crippen LogP contribution in [0.25, 0.3) is 0 Å². The van der Waals surface area contributed by atoms with E-state index in [1.807, 2.05) is 0 Å². The molecule has 0 bridgehead atoms. The summed E-state index contributed by atoms with van der Waals surface area (Å²) in [5.41, 5.74) is 0.360. The summed E-state index contributed by atoms with van der Waals surface area (Å²) >= 11 is 10.6. The van der Waals surface area contributed by atoms with Gasteiger partial charge in [0.05, 0.1) is 25.3 Å². The van der Waals surface area contributed by atoms with Gasteiger partial charge in [-0.15, -0.1) is 12.6 Å². The molecule has 0 aromatic heterocycles. The predicted octanol–water partition coefficient (Wildman–Crippen LogP) is 3.07. The Kier molecular flexibility index (Phi) is 5.03. The number of hydrogen-bond donors (Lipinski definition) is 1. The van der Waals surface area contributed by atoms with E-state index in [0.717, 1.165) is 0 Å². The van der Waals surface area contributed by atoms with Gasteiger partial charge >= 0.3 is 11.9 Å². The van der Waals surface area contributed by atoms with Crippen molar-refractivity contribution in [3.63, 3.8) is 0 Å². The minimum atomic E-state index is -0.584. The van der Waals surface area contributed by atoms with Crippen molar-refractivity contribution in [1.82, 2.24) is 0 Å². The Labute approximate surface area is 120 Å². The number of carbonyl (C=O) groups excluding carboxylic acids is 2. The van der Waals surface area contributed by atoms with Gasteiger partial charge in [-0.1, -0.05) is 0 Å². The molecule has 1 aromatic carbocycles. The molecule has 0 fully saturated rings. The first-order valence-corrected chi connectivity index (χ1v) is 6.35. The first-order valence-electron chi connectivity index (χ1n) is 4.31. The predicted molar refractivity (Wildman–Crippen MR) is 71.8 cm³/mol. The van der Waals surface area contributed by atoms with Gasteiger partial charge in [0.15, 0.2) is 0 Å². The van der Waals surface area contributed by atoms with Crippen LogP contribution in [0.3, 0.4) is 0 Å². The number of methoxy groups -OCH3 is 2. The van der Waals surface area contributed by atoms with E-state index >= 15 is 0 Å². The lowest BCUT2D eigenvalue weighted by Crippen LogP contribution is -2.10. The Hall–Kier alpha value is -0.530. The zero-order valence-corrected chi connectivity index (χ0v) is 13.0. The summed E-state index contributed by atoms with van der Waals surface area (Å²) in [7, 11) is 2.50. The van der Waals surface area contributed by atoms with Gasteiger partial charge in [-0.25, -0.2) is 9.59 Å². The van der Waals surface area contributed by atoms with Gasteiger partial charge in [0.2, 0.25) is 0 Å². The molecule has 0 amide bonds. The summed E-state index contributed by atoms with van der Waals surface area (Å²) in [6, 6.07) is 1.57. The molecule has 7 heteroatoms. The molecule has 0 atom stereocenters. The Bertz CT molecular complexity index is 447. The van der Waals surface area contributed by atoms with Crippen LogP contribution in [0.15, 0.2) is 19.9 Å². The van der Waals surface area contributed by atoms with E-state index in [-0.39, 0.29) is 16.0 Å². The van der Waals surface area contributed by atoms with Crippen LogP contribution >= 0.6 is 44.5 Å². The fraction of sp³-hybridized carbons (Fsp3) is 0.200. The first kappa shape index (κ1) is 14.5. The van der Waals surface area contributed by atoms with Crippen molar-refractivity contribution >= 4 is 56.4 Å². The van der Waals surface area contributed by atoms with Crippen LogP contribution in [0.1, 0.15) is 20.7 Å². The van der Waals surface area contributed by atoms with E-state index in [1.165, 1.54) is 14.2 Å². The van der Waals surface area contributed by atoms with Crippen LogP contribution in [0.5, 0.6) is 0 Å². The van der Waals surface area contributed by atoms with E-state index in [2.05, 4.69) is 54.0 Å². The largest absolute Gasteiger partial charge is 0.465 e. The molecule has 0 N–H and O–H groups in total. The summed E-state index contributed by atoms with van der Waals surface area (Å²) < 4.78 is 10.2. The molecule has 0 spiro atoms. The number of benzene rings is 1. The first-order chi connectivity index (χ1) is 7.93. The second-order valence-corrected chi connectivity index (χ2v) is 5.08. The van der Waals surface area contributed by atoms with Crippen molar-refractivity contribution in [1.29, 1.82) is 0 Å². The number of rotatable bonds is 2. The number of carbonyl (C=O) groups is 2. The van der Waals surface area contributed by atoms with Gasteiger partial charge in [-0.3, -0.25) is 0 Å². The number of thiol groups is 1. The second-order valence-electron chi connectivity index (χ2n) is 2.92. The molecule has 1 rings (SSSR count). The van der Waals surface area contributed by atoms with Crippen molar-refractivity contribution in [2.75, 3.05) is 14.2 Å². The molecule has 17 heavy (non-hydrogen) atoms. The van der Waals surface area contributed by atoms with Crippen LogP contribution in [0.4, 0.5) is 0 Å². The van der Waals surface area contributed by atoms with Gasteiger partial charge in [-0.05, 0) is 37.9 Å². The summed E-state index contributed by atoms with van der Waals surface area (Å²) in [6.45, 7) is 0. The summed E-state index contributed by atoms with van der Waals surface area (Å²) in [5, 5.41) is 0. The zero-order valence-electron chi connectivity index (χ0n) is 8.91. The normalized spacial score (nSPS) is 9.94. The number of hydrogen-bond acceptors (Lipinski definition) is 5. The number of ether oxygens (including phenoxy) is 2. The molecular weight excluding hydrogens is 376 g/mol. The van der Waals surface area contributed by atoms with Crippen molar-refractivity contribution in [2.45, 2.75) is 4.90 Å². The standard InChI is InChI=1S/C10H8Br2O4S/c1-15-9(13)6-4(11)3-5(12)7(8(6)17)10(14)16-2/h3,17H,1-2H3. The molecule has 0 heterocycles. The molecule has 0 unspecified atom stereocenters. The van der Waals surface area contributed by atoms with Crippen molar-refractivity contribution < 1.29 is 19.1 Å². The lowest BCUT2D eigenvalue weighted by Gasteiger charge is -2.11. The van der Waals surface area contributed by atoms with E-state index in [9.17, 15) is 9.59 Å². The lowest BCUT2D eigenvalue weighted by molar-refractivity contribution is 0.0590. The topological polar surface area (TPSA) is 52.6 Å². The van der Waals surface area contributed by atoms with E-state index < -0.39 is 11.9 Å². The quantitative estimate of drug-likeness (QED) is 0.629. The van der Waals surface area contributed by atoms with Gasteiger partial charge in [-0.2, -0.15) is 0 Å². The van der Waals surface area contributed by atoms with Crippen LogP contribution in [-0.2, 0) is 9.47 Å². The van der Waals surface area contributed by atoms with Gasteiger partial charge < -0.3 is 9.47 Å². The highest BCUT2D eigenvalue weighted by Crippen LogP contribution is 2.34. The second kappa shape index (κ2) is 5.88. The third-order valence-corrected chi connectivity index (χ3v) is 3.68. The monoisotopic (exact) mass is 382 g/mol. The average Bonchev–Trinajstić information content (AvgIpc) is 2.27. The molecular formula is C10H8Br2O4S.